The third-order valence-corrected chi connectivity index (χ3v) is 2.20. The van der Waals surface area contributed by atoms with Crippen LogP contribution >= 0.6 is 0 Å². The van der Waals surface area contributed by atoms with Crippen molar-refractivity contribution < 1.29 is 9.50 Å². The van der Waals surface area contributed by atoms with Crippen molar-refractivity contribution in [2.75, 3.05) is 0 Å². The SMILES string of the molecule is N#Cc1cc(C(O)=C2CC2)ccc1F. The molecule has 0 unspecified atom stereocenters. The summed E-state index contributed by atoms with van der Waals surface area (Å²) in [5, 5.41) is 18.2. The minimum absolute atomic E-state index is 0.0321. The molecule has 1 aliphatic carbocycles. The van der Waals surface area contributed by atoms with Gasteiger partial charge in [-0.25, -0.2) is 4.39 Å². The molecule has 0 saturated heterocycles. The van der Waals surface area contributed by atoms with E-state index in [-0.39, 0.29) is 11.3 Å². The molecular weight excluding hydrogens is 181 g/mol. The maximum Gasteiger partial charge on any atom is 0.140 e. The molecule has 1 aromatic carbocycles. The average Bonchev–Trinajstić information content (AvgIpc) is 3.01. The zero-order chi connectivity index (χ0) is 10.1. The predicted octanol–water partition coefficient (Wildman–Crippen LogP) is 2.76. The molecule has 70 valence electrons. The topological polar surface area (TPSA) is 44.0 Å². The summed E-state index contributed by atoms with van der Waals surface area (Å²) in [4.78, 5) is 0. The number of hydrogen-bond acceptors (Lipinski definition) is 2. The lowest BCUT2D eigenvalue weighted by molar-refractivity contribution is 0.509. The van der Waals surface area contributed by atoms with Gasteiger partial charge in [-0.15, -0.1) is 0 Å². The second-order valence-corrected chi connectivity index (χ2v) is 3.26. The van der Waals surface area contributed by atoms with Gasteiger partial charge in [0.15, 0.2) is 0 Å². The molecule has 1 saturated carbocycles. The summed E-state index contributed by atoms with van der Waals surface area (Å²) in [7, 11) is 0. The van der Waals surface area contributed by atoms with Crippen molar-refractivity contribution in [3.63, 3.8) is 0 Å². The van der Waals surface area contributed by atoms with Crippen molar-refractivity contribution in [1.82, 2.24) is 0 Å². The van der Waals surface area contributed by atoms with E-state index in [0.29, 0.717) is 5.56 Å². The Morgan fingerprint density at radius 1 is 1.43 bits per heavy atom. The lowest BCUT2D eigenvalue weighted by atomic mass is 10.1. The number of nitrogens with zero attached hydrogens (tertiary/aromatic N) is 1. The summed E-state index contributed by atoms with van der Waals surface area (Å²) >= 11 is 0. The number of benzene rings is 1. The van der Waals surface area contributed by atoms with Crippen LogP contribution < -0.4 is 0 Å². The molecule has 0 aromatic heterocycles. The highest BCUT2D eigenvalue weighted by Gasteiger charge is 2.19. The fourth-order valence-corrected chi connectivity index (χ4v) is 1.26. The van der Waals surface area contributed by atoms with Crippen LogP contribution in [0.2, 0.25) is 0 Å². The lowest BCUT2D eigenvalue weighted by Gasteiger charge is -2.00. The maximum atomic E-state index is 12.9. The molecule has 0 heterocycles. The van der Waals surface area contributed by atoms with Gasteiger partial charge in [0.25, 0.3) is 0 Å². The Labute approximate surface area is 80.9 Å². The van der Waals surface area contributed by atoms with Crippen molar-refractivity contribution in [3.05, 3.63) is 40.7 Å². The zero-order valence-corrected chi connectivity index (χ0v) is 7.42. The fourth-order valence-electron chi connectivity index (χ4n) is 1.26. The van der Waals surface area contributed by atoms with Crippen molar-refractivity contribution >= 4 is 5.76 Å². The molecule has 1 fully saturated rings. The van der Waals surface area contributed by atoms with E-state index in [1.165, 1.54) is 18.2 Å². The van der Waals surface area contributed by atoms with Crippen molar-refractivity contribution in [3.8, 4) is 6.07 Å². The molecule has 1 aromatic rings. The smallest absolute Gasteiger partial charge is 0.140 e. The molecule has 0 radical (unpaired) electrons. The van der Waals surface area contributed by atoms with Crippen LogP contribution in [-0.2, 0) is 0 Å². The van der Waals surface area contributed by atoms with E-state index in [0.717, 1.165) is 18.4 Å². The van der Waals surface area contributed by atoms with Gasteiger partial charge in [0, 0.05) is 5.56 Å². The van der Waals surface area contributed by atoms with Gasteiger partial charge in [-0.05, 0) is 36.6 Å². The second kappa shape index (κ2) is 3.15. The van der Waals surface area contributed by atoms with Crippen LogP contribution in [0, 0.1) is 17.1 Å². The Balaban J connectivity index is 2.47. The average molecular weight is 189 g/mol. The third kappa shape index (κ3) is 1.47. The normalized spacial score (nSPS) is 13.6. The molecule has 1 aliphatic rings. The molecule has 0 aliphatic heterocycles. The first-order chi connectivity index (χ1) is 6.72. The molecule has 1 N–H and O–H groups in total. The molecule has 0 amide bonds. The quantitative estimate of drug-likeness (QED) is 0.690. The summed E-state index contributed by atoms with van der Waals surface area (Å²) in [6, 6.07) is 5.80. The number of aliphatic hydroxyl groups excluding tert-OH is 1. The maximum absolute atomic E-state index is 12.9. The fraction of sp³-hybridized carbons (Fsp3) is 0.182. The van der Waals surface area contributed by atoms with E-state index in [1.54, 1.807) is 6.07 Å². The van der Waals surface area contributed by atoms with Crippen LogP contribution in [0.1, 0.15) is 24.0 Å². The highest BCUT2D eigenvalue weighted by atomic mass is 19.1. The van der Waals surface area contributed by atoms with Crippen LogP contribution in [-0.4, -0.2) is 5.11 Å². The Morgan fingerprint density at radius 2 is 2.14 bits per heavy atom. The molecular formula is C11H8FNO. The zero-order valence-electron chi connectivity index (χ0n) is 7.42. The van der Waals surface area contributed by atoms with Gasteiger partial charge in [0.2, 0.25) is 0 Å². The summed E-state index contributed by atoms with van der Waals surface area (Å²) in [6.07, 6.45) is 1.79. The van der Waals surface area contributed by atoms with Gasteiger partial charge >= 0.3 is 0 Å². The van der Waals surface area contributed by atoms with Crippen molar-refractivity contribution in [2.24, 2.45) is 0 Å². The Kier molecular flexibility index (Phi) is 1.97. The monoisotopic (exact) mass is 189 g/mol. The van der Waals surface area contributed by atoms with Gasteiger partial charge in [-0.3, -0.25) is 0 Å². The number of nitriles is 1. The Morgan fingerprint density at radius 3 is 2.71 bits per heavy atom. The molecule has 0 atom stereocenters. The number of halogens is 1. The van der Waals surface area contributed by atoms with Crippen LogP contribution in [0.25, 0.3) is 5.76 Å². The molecule has 0 bridgehead atoms. The minimum atomic E-state index is -0.551. The van der Waals surface area contributed by atoms with Gasteiger partial charge in [0.05, 0.1) is 5.56 Å². The van der Waals surface area contributed by atoms with Gasteiger partial charge in [-0.1, -0.05) is 0 Å². The van der Waals surface area contributed by atoms with Gasteiger partial charge in [0.1, 0.15) is 17.6 Å². The largest absolute Gasteiger partial charge is 0.507 e. The number of allylic oxidation sites excluding steroid dienone is 1. The van der Waals surface area contributed by atoms with Crippen LogP contribution in [0.15, 0.2) is 23.8 Å². The lowest BCUT2D eigenvalue weighted by Crippen LogP contribution is -1.88. The van der Waals surface area contributed by atoms with Gasteiger partial charge < -0.3 is 5.11 Å². The molecule has 3 heteroatoms. The summed E-state index contributed by atoms with van der Waals surface area (Å²) < 4.78 is 12.9. The number of rotatable bonds is 1. The van der Waals surface area contributed by atoms with Gasteiger partial charge in [-0.2, -0.15) is 5.26 Å². The van der Waals surface area contributed by atoms with E-state index >= 15 is 0 Å². The highest BCUT2D eigenvalue weighted by molar-refractivity contribution is 5.66. The minimum Gasteiger partial charge on any atom is -0.507 e. The van der Waals surface area contributed by atoms with E-state index in [4.69, 9.17) is 5.26 Å². The summed E-state index contributed by atoms with van der Waals surface area (Å²) in [5.74, 6) is -0.355. The van der Waals surface area contributed by atoms with E-state index < -0.39 is 5.82 Å². The standard InChI is InChI=1S/C11H8FNO/c12-10-4-3-8(5-9(10)6-13)11(14)7-1-2-7/h3-5,14H,1-2H2. The summed E-state index contributed by atoms with van der Waals surface area (Å²) in [5.41, 5.74) is 1.46. The van der Waals surface area contributed by atoms with E-state index in [2.05, 4.69) is 0 Å². The molecule has 2 nitrogen and oxygen atoms in total. The predicted molar refractivity (Wildman–Crippen MR) is 49.9 cm³/mol. The number of aliphatic hydroxyl groups is 1. The molecule has 2 rings (SSSR count). The van der Waals surface area contributed by atoms with E-state index in [9.17, 15) is 9.50 Å². The second-order valence-electron chi connectivity index (χ2n) is 3.26. The summed E-state index contributed by atoms with van der Waals surface area (Å²) in [6.45, 7) is 0. The molecule has 0 spiro atoms. The highest BCUT2D eigenvalue weighted by Crippen LogP contribution is 2.35. The first-order valence-electron chi connectivity index (χ1n) is 4.33. The van der Waals surface area contributed by atoms with Crippen LogP contribution in [0.3, 0.4) is 0 Å². The van der Waals surface area contributed by atoms with Crippen LogP contribution in [0.4, 0.5) is 4.39 Å². The van der Waals surface area contributed by atoms with Crippen molar-refractivity contribution in [1.29, 1.82) is 5.26 Å². The first kappa shape index (κ1) is 8.76. The first-order valence-corrected chi connectivity index (χ1v) is 4.33. The molecule has 14 heavy (non-hydrogen) atoms. The van der Waals surface area contributed by atoms with Crippen molar-refractivity contribution in [2.45, 2.75) is 12.8 Å². The number of hydrogen-bond donors (Lipinski definition) is 1. The Hall–Kier alpha value is -1.82. The van der Waals surface area contributed by atoms with Crippen LogP contribution in [0.5, 0.6) is 0 Å². The van der Waals surface area contributed by atoms with E-state index in [1.807, 2.05) is 0 Å². The third-order valence-electron chi connectivity index (χ3n) is 2.20. The Bertz CT molecular complexity index is 451.